The summed E-state index contributed by atoms with van der Waals surface area (Å²) in [5, 5.41) is 3.64. The van der Waals surface area contributed by atoms with Crippen molar-refractivity contribution in [2.75, 3.05) is 17.1 Å². The van der Waals surface area contributed by atoms with Crippen molar-refractivity contribution in [1.82, 2.24) is 10.2 Å². The number of amides is 2. The number of anilines is 1. The van der Waals surface area contributed by atoms with Crippen molar-refractivity contribution in [2.45, 2.75) is 57.7 Å². The SMILES string of the molecule is Cc1cccc(CN(C(=O)CN(c2cc(Cl)cc(Cl)c2)S(C)(=O)=O)[C@@H](Cc2ccccc2)C(=O)NC2CCCC2)c1. The molecule has 0 aromatic heterocycles. The number of carbonyl (C=O) groups excluding carboxylic acids is 2. The monoisotopic (exact) mass is 615 g/mol. The van der Waals surface area contributed by atoms with E-state index in [1.807, 2.05) is 61.5 Å². The molecule has 218 valence electrons. The zero-order chi connectivity index (χ0) is 29.6. The van der Waals surface area contributed by atoms with Gasteiger partial charge in [-0.1, -0.05) is 96.2 Å². The highest BCUT2D eigenvalue weighted by molar-refractivity contribution is 7.92. The molecule has 0 heterocycles. The van der Waals surface area contributed by atoms with Gasteiger partial charge < -0.3 is 10.2 Å². The van der Waals surface area contributed by atoms with E-state index in [0.29, 0.717) is 0 Å². The summed E-state index contributed by atoms with van der Waals surface area (Å²) in [6.07, 6.45) is 5.19. The highest BCUT2D eigenvalue weighted by Crippen LogP contribution is 2.28. The van der Waals surface area contributed by atoms with Crippen molar-refractivity contribution in [2.24, 2.45) is 0 Å². The van der Waals surface area contributed by atoms with Crippen molar-refractivity contribution in [1.29, 1.82) is 0 Å². The Hall–Kier alpha value is -3.07. The van der Waals surface area contributed by atoms with Crippen LogP contribution in [-0.4, -0.2) is 50.0 Å². The van der Waals surface area contributed by atoms with Crippen molar-refractivity contribution < 1.29 is 18.0 Å². The number of nitrogens with one attached hydrogen (secondary N) is 1. The molecule has 3 aromatic carbocycles. The van der Waals surface area contributed by atoms with Crippen LogP contribution in [0.4, 0.5) is 5.69 Å². The van der Waals surface area contributed by atoms with Gasteiger partial charge in [0.15, 0.2) is 0 Å². The molecular formula is C31H35Cl2N3O4S. The molecule has 0 spiro atoms. The minimum Gasteiger partial charge on any atom is -0.352 e. The van der Waals surface area contributed by atoms with E-state index < -0.39 is 28.5 Å². The van der Waals surface area contributed by atoms with Crippen molar-refractivity contribution in [3.8, 4) is 0 Å². The maximum atomic E-state index is 14.2. The molecule has 2 amide bonds. The van der Waals surface area contributed by atoms with Crippen LogP contribution in [0.15, 0.2) is 72.8 Å². The molecule has 0 aliphatic heterocycles. The molecule has 0 bridgehead atoms. The molecule has 4 rings (SSSR count). The van der Waals surface area contributed by atoms with Gasteiger partial charge in [0, 0.05) is 29.1 Å². The number of aryl methyl sites for hydroxylation is 1. The molecule has 1 aliphatic rings. The lowest BCUT2D eigenvalue weighted by atomic mass is 10.0. The predicted molar refractivity (Wildman–Crippen MR) is 165 cm³/mol. The number of nitrogens with zero attached hydrogens (tertiary/aromatic N) is 2. The third-order valence-corrected chi connectivity index (χ3v) is 8.80. The molecule has 1 atom stereocenters. The largest absolute Gasteiger partial charge is 0.352 e. The van der Waals surface area contributed by atoms with Crippen molar-refractivity contribution in [3.63, 3.8) is 0 Å². The number of halogens is 2. The first-order valence-electron chi connectivity index (χ1n) is 13.6. The van der Waals surface area contributed by atoms with Gasteiger partial charge >= 0.3 is 0 Å². The van der Waals surface area contributed by atoms with Gasteiger partial charge in [-0.15, -0.1) is 0 Å². The lowest BCUT2D eigenvalue weighted by molar-refractivity contribution is -0.140. The average Bonchev–Trinajstić information content (AvgIpc) is 3.41. The van der Waals surface area contributed by atoms with Crippen molar-refractivity contribution in [3.05, 3.63) is 99.5 Å². The van der Waals surface area contributed by atoms with Gasteiger partial charge in [0.2, 0.25) is 21.8 Å². The Balaban J connectivity index is 1.74. The molecule has 0 radical (unpaired) electrons. The quantitative estimate of drug-likeness (QED) is 0.297. The molecule has 1 N–H and O–H groups in total. The zero-order valence-corrected chi connectivity index (χ0v) is 25.6. The number of sulfonamides is 1. The minimum absolute atomic E-state index is 0.0535. The molecule has 1 saturated carbocycles. The molecule has 3 aromatic rings. The summed E-state index contributed by atoms with van der Waals surface area (Å²) in [6, 6.07) is 20.8. The van der Waals surface area contributed by atoms with E-state index in [2.05, 4.69) is 5.32 Å². The summed E-state index contributed by atoms with van der Waals surface area (Å²) in [5.74, 6) is -0.769. The summed E-state index contributed by atoms with van der Waals surface area (Å²) in [7, 11) is -3.92. The maximum Gasteiger partial charge on any atom is 0.244 e. The first-order chi connectivity index (χ1) is 19.5. The molecule has 10 heteroatoms. The van der Waals surface area contributed by atoms with Gasteiger partial charge in [0.25, 0.3) is 0 Å². The van der Waals surface area contributed by atoms with Crippen LogP contribution < -0.4 is 9.62 Å². The number of benzene rings is 3. The highest BCUT2D eigenvalue weighted by atomic mass is 35.5. The van der Waals surface area contributed by atoms with Gasteiger partial charge in [-0.3, -0.25) is 13.9 Å². The standard InChI is InChI=1S/C31H35Cl2N3O4S/c1-22-9-8-12-24(15-22)20-35(30(37)21-36(41(2,39)40)28-18-25(32)17-26(33)19-28)29(16-23-10-4-3-5-11-23)31(38)34-27-13-6-7-14-27/h3-5,8-12,15,17-19,27,29H,6-7,13-14,16,20-21H2,1-2H3,(H,34,38)/t29-/m0/s1. The van der Waals surface area contributed by atoms with E-state index in [9.17, 15) is 18.0 Å². The Morgan fingerprint density at radius 1 is 0.927 bits per heavy atom. The van der Waals surface area contributed by atoms with Crippen LogP contribution in [0.2, 0.25) is 10.0 Å². The maximum absolute atomic E-state index is 14.2. The fraction of sp³-hybridized carbons (Fsp3) is 0.355. The summed E-state index contributed by atoms with van der Waals surface area (Å²) in [5.41, 5.74) is 2.91. The third-order valence-electron chi connectivity index (χ3n) is 7.22. The molecule has 0 saturated heterocycles. The van der Waals surface area contributed by atoms with Gasteiger partial charge in [0.05, 0.1) is 11.9 Å². The van der Waals surface area contributed by atoms with Crippen LogP contribution in [0, 0.1) is 6.92 Å². The first-order valence-corrected chi connectivity index (χ1v) is 16.2. The molecule has 7 nitrogen and oxygen atoms in total. The Labute approximate surface area is 252 Å². The van der Waals surface area contributed by atoms with E-state index in [0.717, 1.165) is 52.9 Å². The Bertz CT molecular complexity index is 1460. The summed E-state index contributed by atoms with van der Waals surface area (Å²) >= 11 is 12.3. The van der Waals surface area contributed by atoms with Gasteiger partial charge in [-0.05, 0) is 49.1 Å². The summed E-state index contributed by atoms with van der Waals surface area (Å²) in [4.78, 5) is 29.6. The van der Waals surface area contributed by atoms with Gasteiger partial charge in [-0.2, -0.15) is 0 Å². The van der Waals surface area contributed by atoms with Crippen LogP contribution in [0.5, 0.6) is 0 Å². The Morgan fingerprint density at radius 3 is 2.17 bits per heavy atom. The minimum atomic E-state index is -3.92. The van der Waals surface area contributed by atoms with E-state index in [1.165, 1.54) is 23.1 Å². The third kappa shape index (κ3) is 8.71. The fourth-order valence-electron chi connectivity index (χ4n) is 5.23. The molecule has 1 aliphatic carbocycles. The topological polar surface area (TPSA) is 86.8 Å². The van der Waals surface area contributed by atoms with E-state index in [4.69, 9.17) is 23.2 Å². The highest BCUT2D eigenvalue weighted by Gasteiger charge is 2.34. The normalized spacial score (nSPS) is 14.4. The second-order valence-corrected chi connectivity index (χ2v) is 13.4. The smallest absolute Gasteiger partial charge is 0.244 e. The number of carbonyl (C=O) groups is 2. The van der Waals surface area contributed by atoms with Gasteiger partial charge in [0.1, 0.15) is 12.6 Å². The Morgan fingerprint density at radius 2 is 1.56 bits per heavy atom. The van der Waals surface area contributed by atoms with Crippen LogP contribution in [0.3, 0.4) is 0 Å². The van der Waals surface area contributed by atoms with E-state index >= 15 is 0 Å². The van der Waals surface area contributed by atoms with Crippen molar-refractivity contribution >= 4 is 50.7 Å². The van der Waals surface area contributed by atoms with E-state index in [-0.39, 0.29) is 40.6 Å². The van der Waals surface area contributed by atoms with Gasteiger partial charge in [-0.25, -0.2) is 8.42 Å². The average molecular weight is 617 g/mol. The second kappa shape index (κ2) is 13.7. The summed E-state index contributed by atoms with van der Waals surface area (Å²) < 4.78 is 26.8. The second-order valence-electron chi connectivity index (χ2n) is 10.6. The summed E-state index contributed by atoms with van der Waals surface area (Å²) in [6.45, 7) is 1.56. The lowest BCUT2D eigenvalue weighted by Gasteiger charge is -2.34. The number of hydrogen-bond acceptors (Lipinski definition) is 4. The zero-order valence-electron chi connectivity index (χ0n) is 23.2. The predicted octanol–water partition coefficient (Wildman–Crippen LogP) is 5.77. The van der Waals surface area contributed by atoms with Crippen LogP contribution in [0.1, 0.15) is 42.4 Å². The first kappa shape index (κ1) is 30.9. The van der Waals surface area contributed by atoms with Crippen LogP contribution in [0.25, 0.3) is 0 Å². The number of rotatable bonds is 11. The van der Waals surface area contributed by atoms with Crippen LogP contribution in [-0.2, 0) is 32.6 Å². The molecule has 1 fully saturated rings. The number of hydrogen-bond donors (Lipinski definition) is 1. The fourth-order valence-corrected chi connectivity index (χ4v) is 6.57. The van der Waals surface area contributed by atoms with E-state index in [1.54, 1.807) is 0 Å². The molecule has 41 heavy (non-hydrogen) atoms. The Kier molecular flexibility index (Phi) is 10.3. The van der Waals surface area contributed by atoms with Crippen LogP contribution >= 0.6 is 23.2 Å². The molecule has 0 unspecified atom stereocenters. The molecular weight excluding hydrogens is 581 g/mol. The lowest BCUT2D eigenvalue weighted by Crippen LogP contribution is -2.54.